The molecule has 2 bridgehead atoms. The standard InChI is InChI=1S/C15H15N3O3/c19-15(13-3-1-2-4-14(13)18(20)21)17-16-9-12-8-10-5-6-11(12)7-10/h1-6,9-12H,7-8H2,(H,17,19)/b16-9-/t10-,11-,12-/m1/s1. The SMILES string of the molecule is O=C(N/N=C\[C@H]1C[C@@H]2C=C[C@@H]1C2)c1ccccc1[N+](=O)[O-]. The highest BCUT2D eigenvalue weighted by molar-refractivity contribution is 5.98. The van der Waals surface area contributed by atoms with Gasteiger partial charge >= 0.3 is 0 Å². The highest BCUT2D eigenvalue weighted by Gasteiger charge is 2.34. The molecule has 3 rings (SSSR count). The van der Waals surface area contributed by atoms with Gasteiger partial charge < -0.3 is 0 Å². The zero-order valence-electron chi connectivity index (χ0n) is 11.3. The number of hydrogen-bond donors (Lipinski definition) is 1. The van der Waals surface area contributed by atoms with Gasteiger partial charge in [-0.1, -0.05) is 24.3 Å². The Hall–Kier alpha value is -2.50. The molecule has 2 aliphatic carbocycles. The molecular formula is C15H15N3O3. The largest absolute Gasteiger partial charge is 0.282 e. The van der Waals surface area contributed by atoms with E-state index in [2.05, 4.69) is 22.7 Å². The van der Waals surface area contributed by atoms with E-state index in [-0.39, 0.29) is 11.3 Å². The van der Waals surface area contributed by atoms with Crippen molar-refractivity contribution in [2.45, 2.75) is 12.8 Å². The van der Waals surface area contributed by atoms with E-state index in [1.165, 1.54) is 18.2 Å². The average Bonchev–Trinajstić information content (AvgIpc) is 3.09. The van der Waals surface area contributed by atoms with Gasteiger partial charge in [-0.2, -0.15) is 5.10 Å². The summed E-state index contributed by atoms with van der Waals surface area (Å²) < 4.78 is 0. The molecule has 1 aromatic rings. The summed E-state index contributed by atoms with van der Waals surface area (Å²) in [5.41, 5.74) is 2.19. The van der Waals surface area contributed by atoms with Crippen LogP contribution in [0.25, 0.3) is 0 Å². The predicted molar refractivity (Wildman–Crippen MR) is 77.9 cm³/mol. The molecule has 1 aromatic carbocycles. The number of rotatable bonds is 4. The first-order valence-electron chi connectivity index (χ1n) is 6.90. The second-order valence-corrected chi connectivity index (χ2v) is 5.44. The maximum atomic E-state index is 12.0. The highest BCUT2D eigenvalue weighted by Crippen LogP contribution is 2.42. The molecule has 1 fully saturated rings. The van der Waals surface area contributed by atoms with Crippen LogP contribution in [0.4, 0.5) is 5.69 Å². The summed E-state index contributed by atoms with van der Waals surface area (Å²) >= 11 is 0. The lowest BCUT2D eigenvalue weighted by molar-refractivity contribution is -0.385. The number of carbonyl (C=O) groups is 1. The molecule has 0 aromatic heterocycles. The minimum Gasteiger partial charge on any atom is -0.267 e. The molecule has 1 saturated carbocycles. The van der Waals surface area contributed by atoms with Crippen molar-refractivity contribution in [1.29, 1.82) is 0 Å². The maximum Gasteiger partial charge on any atom is 0.282 e. The van der Waals surface area contributed by atoms with Crippen LogP contribution in [0.3, 0.4) is 0 Å². The fraction of sp³-hybridized carbons (Fsp3) is 0.333. The molecule has 0 heterocycles. The van der Waals surface area contributed by atoms with E-state index in [0.29, 0.717) is 17.8 Å². The van der Waals surface area contributed by atoms with Gasteiger partial charge in [0.05, 0.1) is 4.92 Å². The first-order valence-corrected chi connectivity index (χ1v) is 6.90. The van der Waals surface area contributed by atoms with Gasteiger partial charge in [-0.3, -0.25) is 14.9 Å². The number of nitrogens with one attached hydrogen (secondary N) is 1. The van der Waals surface area contributed by atoms with Crippen LogP contribution in [0, 0.1) is 27.9 Å². The van der Waals surface area contributed by atoms with Crippen LogP contribution >= 0.6 is 0 Å². The van der Waals surface area contributed by atoms with Crippen LogP contribution in [0.5, 0.6) is 0 Å². The van der Waals surface area contributed by atoms with Crippen molar-refractivity contribution < 1.29 is 9.72 Å². The smallest absolute Gasteiger partial charge is 0.267 e. The third-order valence-corrected chi connectivity index (χ3v) is 4.11. The van der Waals surface area contributed by atoms with E-state index in [9.17, 15) is 14.9 Å². The number of para-hydroxylation sites is 1. The van der Waals surface area contributed by atoms with Crippen molar-refractivity contribution in [2.75, 3.05) is 0 Å². The molecule has 2 aliphatic rings. The van der Waals surface area contributed by atoms with Crippen molar-refractivity contribution in [3.05, 3.63) is 52.1 Å². The van der Waals surface area contributed by atoms with Gasteiger partial charge in [0.2, 0.25) is 0 Å². The second-order valence-electron chi connectivity index (χ2n) is 5.44. The van der Waals surface area contributed by atoms with Crippen LogP contribution < -0.4 is 5.43 Å². The van der Waals surface area contributed by atoms with Crippen LogP contribution in [-0.2, 0) is 0 Å². The van der Waals surface area contributed by atoms with E-state index in [0.717, 1.165) is 12.8 Å². The Kier molecular flexibility index (Phi) is 3.51. The minimum absolute atomic E-state index is 0.0208. The highest BCUT2D eigenvalue weighted by atomic mass is 16.6. The summed E-state index contributed by atoms with van der Waals surface area (Å²) in [4.78, 5) is 22.3. The van der Waals surface area contributed by atoms with Crippen LogP contribution in [0.2, 0.25) is 0 Å². The normalized spacial score (nSPS) is 26.4. The van der Waals surface area contributed by atoms with Crippen molar-refractivity contribution in [3.8, 4) is 0 Å². The third-order valence-electron chi connectivity index (χ3n) is 4.11. The Balaban J connectivity index is 1.65. The second kappa shape index (κ2) is 5.47. The Labute approximate surface area is 121 Å². The molecule has 1 amide bonds. The van der Waals surface area contributed by atoms with Gasteiger partial charge in [-0.05, 0) is 30.7 Å². The van der Waals surface area contributed by atoms with E-state index in [1.807, 2.05) is 0 Å². The van der Waals surface area contributed by atoms with Crippen molar-refractivity contribution in [1.82, 2.24) is 5.43 Å². The maximum absolute atomic E-state index is 12.0. The molecule has 3 atom stereocenters. The van der Waals surface area contributed by atoms with E-state index >= 15 is 0 Å². The Bertz CT molecular complexity index is 639. The zero-order valence-corrected chi connectivity index (χ0v) is 11.3. The quantitative estimate of drug-likeness (QED) is 0.399. The number of fused-ring (bicyclic) bond motifs is 2. The van der Waals surface area contributed by atoms with Gasteiger partial charge in [0, 0.05) is 18.2 Å². The van der Waals surface area contributed by atoms with Crippen LogP contribution in [0.15, 0.2) is 41.5 Å². The van der Waals surface area contributed by atoms with E-state index in [1.54, 1.807) is 12.3 Å². The summed E-state index contributed by atoms with van der Waals surface area (Å²) in [6.07, 6.45) is 8.41. The number of hydrogen-bond acceptors (Lipinski definition) is 4. The molecule has 6 nitrogen and oxygen atoms in total. The fourth-order valence-electron chi connectivity index (χ4n) is 3.07. The number of nitro benzene ring substituents is 1. The molecular weight excluding hydrogens is 270 g/mol. The third kappa shape index (κ3) is 2.69. The Morgan fingerprint density at radius 1 is 1.33 bits per heavy atom. The number of amides is 1. The topological polar surface area (TPSA) is 84.6 Å². The summed E-state index contributed by atoms with van der Waals surface area (Å²) in [6.45, 7) is 0. The van der Waals surface area contributed by atoms with Crippen molar-refractivity contribution in [3.63, 3.8) is 0 Å². The molecule has 6 heteroatoms. The summed E-state index contributed by atoms with van der Waals surface area (Å²) in [5, 5.41) is 14.8. The Morgan fingerprint density at radius 3 is 2.81 bits per heavy atom. The molecule has 0 unspecified atom stereocenters. The van der Waals surface area contributed by atoms with Gasteiger partial charge in [0.25, 0.3) is 11.6 Å². The molecule has 21 heavy (non-hydrogen) atoms. The van der Waals surface area contributed by atoms with E-state index < -0.39 is 10.8 Å². The number of hydrazone groups is 1. The molecule has 108 valence electrons. The number of allylic oxidation sites excluding steroid dienone is 2. The molecule has 0 spiro atoms. The number of benzene rings is 1. The van der Waals surface area contributed by atoms with Gasteiger partial charge in [-0.25, -0.2) is 5.43 Å². The zero-order chi connectivity index (χ0) is 14.8. The summed E-state index contributed by atoms with van der Waals surface area (Å²) in [6, 6.07) is 5.84. The van der Waals surface area contributed by atoms with Gasteiger partial charge in [0.1, 0.15) is 5.56 Å². The minimum atomic E-state index is -0.570. The summed E-state index contributed by atoms with van der Waals surface area (Å²) in [7, 11) is 0. The van der Waals surface area contributed by atoms with Crippen molar-refractivity contribution in [2.24, 2.45) is 22.9 Å². The number of nitro groups is 1. The number of carbonyl (C=O) groups excluding carboxylic acids is 1. The van der Waals surface area contributed by atoms with Crippen molar-refractivity contribution >= 4 is 17.8 Å². The lowest BCUT2D eigenvalue weighted by atomic mass is 9.95. The average molecular weight is 285 g/mol. The molecule has 0 radical (unpaired) electrons. The summed E-state index contributed by atoms with van der Waals surface area (Å²) in [5.74, 6) is 0.947. The first kappa shape index (κ1) is 13.5. The fourth-order valence-corrected chi connectivity index (χ4v) is 3.07. The molecule has 1 N–H and O–H groups in total. The van der Waals surface area contributed by atoms with Gasteiger partial charge in [-0.15, -0.1) is 0 Å². The number of nitrogens with zero attached hydrogens (tertiary/aromatic N) is 2. The lowest BCUT2D eigenvalue weighted by Gasteiger charge is -2.11. The van der Waals surface area contributed by atoms with E-state index in [4.69, 9.17) is 0 Å². The monoisotopic (exact) mass is 285 g/mol. The van der Waals surface area contributed by atoms with Crippen LogP contribution in [0.1, 0.15) is 23.2 Å². The lowest BCUT2D eigenvalue weighted by Crippen LogP contribution is -2.20. The molecule has 0 aliphatic heterocycles. The molecule has 0 saturated heterocycles. The van der Waals surface area contributed by atoms with Crippen LogP contribution in [-0.4, -0.2) is 17.0 Å². The predicted octanol–water partition coefficient (Wildman–Crippen LogP) is 2.52. The Morgan fingerprint density at radius 2 is 2.14 bits per heavy atom. The van der Waals surface area contributed by atoms with Gasteiger partial charge in [0.15, 0.2) is 0 Å². The first-order chi connectivity index (χ1) is 10.1.